The molecule has 0 aliphatic heterocycles. The van der Waals surface area contributed by atoms with Gasteiger partial charge in [-0.2, -0.15) is 0 Å². The number of nitrogen functional groups attached to an aromatic ring is 1. The van der Waals surface area contributed by atoms with Crippen molar-refractivity contribution in [2.45, 2.75) is 40.2 Å². The SMILES string of the molecule is Cc1nc(N)sc1C(=O)NC(CC(=O)O)C(C)(C)C. The molecule has 1 heterocycles. The molecule has 0 fully saturated rings. The molecule has 1 aromatic rings. The Balaban J connectivity index is 2.88. The van der Waals surface area contributed by atoms with Crippen molar-refractivity contribution in [2.24, 2.45) is 5.41 Å². The van der Waals surface area contributed by atoms with E-state index in [9.17, 15) is 9.59 Å². The lowest BCUT2D eigenvalue weighted by Gasteiger charge is -2.30. The summed E-state index contributed by atoms with van der Waals surface area (Å²) in [6, 6.07) is -0.458. The van der Waals surface area contributed by atoms with Gasteiger partial charge in [-0.3, -0.25) is 9.59 Å². The van der Waals surface area contributed by atoms with Gasteiger partial charge in [0.2, 0.25) is 0 Å². The van der Waals surface area contributed by atoms with Crippen LogP contribution < -0.4 is 11.1 Å². The number of carboxylic acid groups (broad SMARTS) is 1. The average Bonchev–Trinajstić information content (AvgIpc) is 2.54. The van der Waals surface area contributed by atoms with Gasteiger partial charge in [-0.15, -0.1) is 0 Å². The third kappa shape index (κ3) is 4.20. The molecule has 1 atom stereocenters. The fraction of sp³-hybridized carbons (Fsp3) is 0.583. The van der Waals surface area contributed by atoms with E-state index >= 15 is 0 Å². The van der Waals surface area contributed by atoms with E-state index in [4.69, 9.17) is 10.8 Å². The van der Waals surface area contributed by atoms with Gasteiger partial charge in [0.25, 0.3) is 5.91 Å². The molecule has 0 aromatic carbocycles. The second-order valence-electron chi connectivity index (χ2n) is 5.46. The number of rotatable bonds is 4. The maximum Gasteiger partial charge on any atom is 0.305 e. The van der Waals surface area contributed by atoms with Gasteiger partial charge in [0.05, 0.1) is 12.1 Å². The number of carbonyl (C=O) groups is 2. The quantitative estimate of drug-likeness (QED) is 0.780. The lowest BCUT2D eigenvalue weighted by atomic mass is 9.84. The number of hydrogen-bond donors (Lipinski definition) is 3. The summed E-state index contributed by atoms with van der Waals surface area (Å²) >= 11 is 1.10. The fourth-order valence-corrected chi connectivity index (χ4v) is 2.34. The number of aryl methyl sites for hydroxylation is 1. The number of nitrogens with zero attached hydrogens (tertiary/aromatic N) is 1. The molecule has 106 valence electrons. The normalized spacial score (nSPS) is 13.1. The number of anilines is 1. The van der Waals surface area contributed by atoms with Gasteiger partial charge in [0.1, 0.15) is 4.88 Å². The van der Waals surface area contributed by atoms with Crippen molar-refractivity contribution in [2.75, 3.05) is 5.73 Å². The van der Waals surface area contributed by atoms with Crippen LogP contribution in [0.3, 0.4) is 0 Å². The standard InChI is InChI=1S/C12H19N3O3S/c1-6-9(19-11(13)14-6)10(18)15-7(5-8(16)17)12(2,3)4/h7H,5H2,1-4H3,(H2,13,14)(H,15,18)(H,16,17). The molecule has 0 aliphatic rings. The highest BCUT2D eigenvalue weighted by atomic mass is 32.1. The second kappa shape index (κ2) is 5.56. The van der Waals surface area contributed by atoms with E-state index in [2.05, 4.69) is 10.3 Å². The molecule has 0 bridgehead atoms. The van der Waals surface area contributed by atoms with Crippen LogP contribution in [0.1, 0.15) is 42.6 Å². The van der Waals surface area contributed by atoms with E-state index in [1.165, 1.54) is 0 Å². The summed E-state index contributed by atoms with van der Waals surface area (Å²) in [4.78, 5) is 27.4. The molecule has 1 aromatic heterocycles. The first kappa shape index (κ1) is 15.4. The first-order valence-corrected chi connectivity index (χ1v) is 6.68. The minimum Gasteiger partial charge on any atom is -0.481 e. The number of hydrogen-bond acceptors (Lipinski definition) is 5. The van der Waals surface area contributed by atoms with E-state index in [1.807, 2.05) is 20.8 Å². The van der Waals surface area contributed by atoms with Gasteiger partial charge >= 0.3 is 5.97 Å². The highest BCUT2D eigenvalue weighted by molar-refractivity contribution is 7.17. The van der Waals surface area contributed by atoms with Gasteiger partial charge < -0.3 is 16.2 Å². The zero-order valence-electron chi connectivity index (χ0n) is 11.5. The maximum absolute atomic E-state index is 12.1. The number of carboxylic acids is 1. The first-order valence-electron chi connectivity index (χ1n) is 5.87. The molecule has 0 saturated carbocycles. The van der Waals surface area contributed by atoms with Crippen LogP contribution in [0, 0.1) is 12.3 Å². The van der Waals surface area contributed by atoms with Crippen molar-refractivity contribution >= 4 is 28.3 Å². The molecule has 1 rings (SSSR count). The van der Waals surface area contributed by atoms with Crippen molar-refractivity contribution < 1.29 is 14.7 Å². The molecule has 1 amide bonds. The number of thiazole rings is 1. The monoisotopic (exact) mass is 285 g/mol. The van der Waals surface area contributed by atoms with Crippen LogP contribution in [0.2, 0.25) is 0 Å². The molecule has 19 heavy (non-hydrogen) atoms. The Morgan fingerprint density at radius 3 is 2.42 bits per heavy atom. The summed E-state index contributed by atoms with van der Waals surface area (Å²) in [7, 11) is 0. The Morgan fingerprint density at radius 1 is 1.47 bits per heavy atom. The third-order valence-electron chi connectivity index (χ3n) is 2.75. The highest BCUT2D eigenvalue weighted by Crippen LogP contribution is 2.24. The summed E-state index contributed by atoms with van der Waals surface area (Å²) in [5.41, 5.74) is 5.76. The largest absolute Gasteiger partial charge is 0.481 e. The van der Waals surface area contributed by atoms with E-state index in [0.717, 1.165) is 11.3 Å². The first-order chi connectivity index (χ1) is 8.61. The van der Waals surface area contributed by atoms with Crippen molar-refractivity contribution in [3.63, 3.8) is 0 Å². The van der Waals surface area contributed by atoms with Gasteiger partial charge in [-0.25, -0.2) is 4.98 Å². The third-order valence-corrected chi connectivity index (χ3v) is 3.73. The van der Waals surface area contributed by atoms with Crippen LogP contribution in [0.4, 0.5) is 5.13 Å². The van der Waals surface area contributed by atoms with Crippen LogP contribution in [-0.4, -0.2) is 28.0 Å². The molecule has 0 radical (unpaired) electrons. The molecule has 4 N–H and O–H groups in total. The summed E-state index contributed by atoms with van der Waals surface area (Å²) in [5.74, 6) is -1.27. The van der Waals surface area contributed by atoms with E-state index in [-0.39, 0.29) is 17.7 Å². The van der Waals surface area contributed by atoms with Crippen molar-refractivity contribution in [3.8, 4) is 0 Å². The predicted octanol–water partition coefficient (Wildman–Crippen LogP) is 1.65. The lowest BCUT2D eigenvalue weighted by molar-refractivity contribution is -0.138. The number of nitrogens with two attached hydrogens (primary N) is 1. The van der Waals surface area contributed by atoms with Crippen LogP contribution in [0.15, 0.2) is 0 Å². The molecule has 7 heteroatoms. The summed E-state index contributed by atoms with van der Waals surface area (Å²) in [6.07, 6.45) is -0.122. The van der Waals surface area contributed by atoms with E-state index in [0.29, 0.717) is 15.7 Å². The lowest BCUT2D eigenvalue weighted by Crippen LogP contribution is -2.45. The van der Waals surface area contributed by atoms with Crippen molar-refractivity contribution in [3.05, 3.63) is 10.6 Å². The smallest absolute Gasteiger partial charge is 0.305 e. The summed E-state index contributed by atoms with van der Waals surface area (Å²) in [5, 5.41) is 12.0. The van der Waals surface area contributed by atoms with Crippen LogP contribution in [0.25, 0.3) is 0 Å². The molecule has 0 saturated heterocycles. The van der Waals surface area contributed by atoms with Gasteiger partial charge in [-0.05, 0) is 12.3 Å². The van der Waals surface area contributed by atoms with Gasteiger partial charge in [0.15, 0.2) is 5.13 Å². The predicted molar refractivity (Wildman–Crippen MR) is 74.2 cm³/mol. The fourth-order valence-electron chi connectivity index (χ4n) is 1.60. The average molecular weight is 285 g/mol. The topological polar surface area (TPSA) is 105 Å². The van der Waals surface area contributed by atoms with Crippen LogP contribution in [-0.2, 0) is 4.79 Å². The maximum atomic E-state index is 12.1. The zero-order chi connectivity index (χ0) is 14.8. The molecular weight excluding hydrogens is 266 g/mol. The Morgan fingerprint density at radius 2 is 2.05 bits per heavy atom. The van der Waals surface area contributed by atoms with Gasteiger partial charge in [-0.1, -0.05) is 32.1 Å². The minimum atomic E-state index is -0.944. The molecule has 0 aliphatic carbocycles. The van der Waals surface area contributed by atoms with Crippen molar-refractivity contribution in [1.29, 1.82) is 0 Å². The number of carbonyl (C=O) groups excluding carboxylic acids is 1. The Bertz CT molecular complexity index is 491. The Kier molecular flexibility index (Phi) is 4.52. The second-order valence-corrected chi connectivity index (χ2v) is 6.49. The minimum absolute atomic E-state index is 0.122. The highest BCUT2D eigenvalue weighted by Gasteiger charge is 2.29. The molecule has 6 nitrogen and oxygen atoms in total. The van der Waals surface area contributed by atoms with E-state index < -0.39 is 12.0 Å². The zero-order valence-corrected chi connectivity index (χ0v) is 12.3. The number of aromatic nitrogens is 1. The number of nitrogens with one attached hydrogen (secondary N) is 1. The van der Waals surface area contributed by atoms with Crippen LogP contribution >= 0.6 is 11.3 Å². The van der Waals surface area contributed by atoms with Gasteiger partial charge in [0, 0.05) is 6.04 Å². The molecule has 1 unspecified atom stereocenters. The number of amides is 1. The molecular formula is C12H19N3O3S. The summed E-state index contributed by atoms with van der Waals surface area (Å²) < 4.78 is 0. The Labute approximate surface area is 116 Å². The van der Waals surface area contributed by atoms with E-state index in [1.54, 1.807) is 6.92 Å². The molecule has 0 spiro atoms. The number of aliphatic carboxylic acids is 1. The van der Waals surface area contributed by atoms with Crippen molar-refractivity contribution in [1.82, 2.24) is 10.3 Å². The Hall–Kier alpha value is -1.63. The van der Waals surface area contributed by atoms with Crippen LogP contribution in [0.5, 0.6) is 0 Å². The summed E-state index contributed by atoms with van der Waals surface area (Å²) in [6.45, 7) is 7.35.